The Morgan fingerprint density at radius 3 is 2.48 bits per heavy atom. The van der Waals surface area contributed by atoms with Crippen molar-refractivity contribution < 1.29 is 24.2 Å². The third-order valence-corrected chi connectivity index (χ3v) is 7.90. The van der Waals surface area contributed by atoms with Gasteiger partial charge in [0.25, 0.3) is 0 Å². The predicted octanol–water partition coefficient (Wildman–Crippen LogP) is 4.89. The highest BCUT2D eigenvalue weighted by atomic mass is 32.2. The van der Waals surface area contributed by atoms with Crippen LogP contribution in [0.5, 0.6) is 0 Å². The maximum absolute atomic E-state index is 12.4. The van der Waals surface area contributed by atoms with Gasteiger partial charge in [-0.25, -0.2) is 4.98 Å². The maximum Gasteiger partial charge on any atom is 0.224 e. The number of nitrogens with one attached hydrogen (secondary N) is 2. The topological polar surface area (TPSA) is 115 Å². The molecule has 214 valence electrons. The van der Waals surface area contributed by atoms with E-state index in [9.17, 15) is 14.7 Å². The fourth-order valence-corrected chi connectivity index (χ4v) is 5.43. The summed E-state index contributed by atoms with van der Waals surface area (Å²) in [6.45, 7) is 2.14. The molecule has 0 unspecified atom stereocenters. The van der Waals surface area contributed by atoms with Crippen LogP contribution in [0.2, 0.25) is 0 Å². The number of benzene rings is 2. The Bertz CT molecular complexity index is 1230. The first kappa shape index (κ1) is 29.8. The fourth-order valence-electron chi connectivity index (χ4n) is 4.48. The Kier molecular flexibility index (Phi) is 11.2. The zero-order valence-electron chi connectivity index (χ0n) is 23.0. The molecule has 0 spiro atoms. The summed E-state index contributed by atoms with van der Waals surface area (Å²) in [6, 6.07) is 15.4. The van der Waals surface area contributed by atoms with Crippen LogP contribution in [0, 0.1) is 0 Å². The fraction of sp³-hybridized carbons (Fsp3) is 0.433. The van der Waals surface area contributed by atoms with Crippen molar-refractivity contribution in [3.63, 3.8) is 0 Å². The van der Waals surface area contributed by atoms with E-state index >= 15 is 0 Å². The Labute approximate surface area is 239 Å². The molecule has 1 fully saturated rings. The van der Waals surface area contributed by atoms with E-state index in [0.717, 1.165) is 52.5 Å². The van der Waals surface area contributed by atoms with Crippen molar-refractivity contribution in [3.8, 4) is 0 Å². The van der Waals surface area contributed by atoms with Gasteiger partial charge in [0, 0.05) is 62.8 Å². The van der Waals surface area contributed by atoms with Crippen LogP contribution in [0.25, 0.3) is 0 Å². The number of aryl methyl sites for hydroxylation is 1. The summed E-state index contributed by atoms with van der Waals surface area (Å²) >= 11 is 1.65. The number of aliphatic hydroxyl groups is 1. The highest BCUT2D eigenvalue weighted by Crippen LogP contribution is 2.39. The zero-order chi connectivity index (χ0) is 28.3. The highest BCUT2D eigenvalue weighted by Gasteiger charge is 2.32. The summed E-state index contributed by atoms with van der Waals surface area (Å²) in [5, 5.41) is 16.1. The maximum atomic E-state index is 12.4. The first-order valence-corrected chi connectivity index (χ1v) is 14.6. The van der Waals surface area contributed by atoms with Gasteiger partial charge in [-0.15, -0.1) is 0 Å². The molecule has 0 radical (unpaired) electrons. The molecule has 1 aliphatic rings. The Balaban J connectivity index is 1.35. The second-order valence-corrected chi connectivity index (χ2v) is 10.9. The number of hydrogen-bond donors (Lipinski definition) is 3. The number of nitrogens with zero attached hydrogens (tertiary/aromatic N) is 2. The van der Waals surface area contributed by atoms with Crippen molar-refractivity contribution in [3.05, 3.63) is 77.6 Å². The lowest BCUT2D eigenvalue weighted by atomic mass is 10.0. The van der Waals surface area contributed by atoms with Gasteiger partial charge in [0.2, 0.25) is 11.8 Å². The van der Waals surface area contributed by atoms with Crippen molar-refractivity contribution in [1.29, 1.82) is 0 Å². The second kappa shape index (κ2) is 15.0. The average molecular weight is 567 g/mol. The molecule has 3 atom stereocenters. The van der Waals surface area contributed by atoms with Crippen molar-refractivity contribution in [2.45, 2.75) is 69.3 Å². The molecular formula is C30H38N4O5S. The average Bonchev–Trinajstić information content (AvgIpc) is 3.38. The number of thioether (sulfide) groups is 1. The summed E-state index contributed by atoms with van der Waals surface area (Å²) in [5.41, 5.74) is 3.50. The van der Waals surface area contributed by atoms with Crippen LogP contribution >= 0.6 is 11.8 Å². The van der Waals surface area contributed by atoms with Gasteiger partial charge < -0.3 is 29.8 Å². The van der Waals surface area contributed by atoms with Gasteiger partial charge >= 0.3 is 0 Å². The van der Waals surface area contributed by atoms with Gasteiger partial charge in [-0.2, -0.15) is 0 Å². The van der Waals surface area contributed by atoms with Crippen LogP contribution in [0.4, 0.5) is 5.69 Å². The summed E-state index contributed by atoms with van der Waals surface area (Å²) in [5.74, 6) is 0.668. The zero-order valence-corrected chi connectivity index (χ0v) is 23.9. The van der Waals surface area contributed by atoms with Crippen molar-refractivity contribution in [2.75, 3.05) is 17.6 Å². The lowest BCUT2D eigenvalue weighted by Crippen LogP contribution is -2.31. The Morgan fingerprint density at radius 2 is 1.80 bits per heavy atom. The van der Waals surface area contributed by atoms with E-state index in [2.05, 4.69) is 15.6 Å². The first-order valence-electron chi connectivity index (χ1n) is 13.7. The molecule has 10 heteroatoms. The third-order valence-electron chi connectivity index (χ3n) is 6.71. The lowest BCUT2D eigenvalue weighted by Gasteiger charge is -2.36. The second-order valence-electron chi connectivity index (χ2n) is 9.95. The molecule has 9 nitrogen and oxygen atoms in total. The number of hydrogen-bond acceptors (Lipinski definition) is 7. The number of rotatable bonds is 13. The quantitative estimate of drug-likeness (QED) is 0.199. The Morgan fingerprint density at radius 1 is 1.05 bits per heavy atom. The van der Waals surface area contributed by atoms with Crippen LogP contribution in [0.3, 0.4) is 0 Å². The number of unbranched alkanes of at least 4 members (excludes halogenated alkanes) is 2. The number of anilines is 1. The van der Waals surface area contributed by atoms with E-state index in [-0.39, 0.29) is 30.6 Å². The van der Waals surface area contributed by atoms with E-state index < -0.39 is 6.29 Å². The molecule has 2 heterocycles. The molecule has 1 aromatic heterocycles. The number of ether oxygens (including phenoxy) is 2. The number of aliphatic hydroxyl groups excluding tert-OH is 1. The number of carbonyl (C=O) groups is 2. The van der Waals surface area contributed by atoms with Crippen LogP contribution in [0.15, 0.2) is 66.1 Å². The van der Waals surface area contributed by atoms with E-state index in [4.69, 9.17) is 9.47 Å². The normalized spacial score (nSPS) is 18.8. The van der Waals surface area contributed by atoms with Gasteiger partial charge in [-0.05, 0) is 36.1 Å². The van der Waals surface area contributed by atoms with E-state index in [1.165, 1.54) is 6.92 Å². The summed E-state index contributed by atoms with van der Waals surface area (Å²) in [6.07, 6.45) is 6.57. The standard InChI is InChI=1S/C30H38N4O5S/c1-21(36)31-15-5-3-4-6-28(37)33-25-13-11-24(12-14-25)29-38-26(20-40-30-32-16-17-34(30)2)18-27(39-29)23-9-7-22(19-35)8-10-23/h7-14,16-17,26-27,29,35H,3-6,15,18-20H2,1-2H3,(H,31,36)(H,33,37)/t26-,27+,29+/m0/s1. The number of aromatic nitrogens is 2. The van der Waals surface area contributed by atoms with Gasteiger partial charge in [0.15, 0.2) is 11.4 Å². The number of carbonyl (C=O) groups excluding carboxylic acids is 2. The molecule has 1 aliphatic heterocycles. The van der Waals surface area contributed by atoms with Gasteiger partial charge in [0.1, 0.15) is 0 Å². The molecule has 4 rings (SSSR count). The largest absolute Gasteiger partial charge is 0.392 e. The highest BCUT2D eigenvalue weighted by molar-refractivity contribution is 7.99. The van der Waals surface area contributed by atoms with Crippen LogP contribution in [-0.2, 0) is 32.7 Å². The molecule has 40 heavy (non-hydrogen) atoms. The summed E-state index contributed by atoms with van der Waals surface area (Å²) < 4.78 is 14.8. The lowest BCUT2D eigenvalue weighted by molar-refractivity contribution is -0.245. The molecule has 0 bridgehead atoms. The summed E-state index contributed by atoms with van der Waals surface area (Å²) in [7, 11) is 1.98. The van der Waals surface area contributed by atoms with Gasteiger partial charge in [-0.1, -0.05) is 54.6 Å². The molecule has 3 aromatic rings. The predicted molar refractivity (Wildman–Crippen MR) is 155 cm³/mol. The van der Waals surface area contributed by atoms with Crippen LogP contribution < -0.4 is 10.6 Å². The molecule has 0 saturated carbocycles. The molecule has 3 N–H and O–H groups in total. The first-order chi connectivity index (χ1) is 19.4. The molecule has 2 aromatic carbocycles. The van der Waals surface area contributed by atoms with Crippen molar-refractivity contribution in [1.82, 2.24) is 14.9 Å². The third kappa shape index (κ3) is 8.92. The van der Waals surface area contributed by atoms with Crippen molar-refractivity contribution >= 4 is 29.3 Å². The minimum Gasteiger partial charge on any atom is -0.392 e. The van der Waals surface area contributed by atoms with Gasteiger partial charge in [-0.3, -0.25) is 9.59 Å². The van der Waals surface area contributed by atoms with Crippen LogP contribution in [0.1, 0.15) is 68.1 Å². The van der Waals surface area contributed by atoms with E-state index in [0.29, 0.717) is 19.4 Å². The molecule has 2 amide bonds. The van der Waals surface area contributed by atoms with Gasteiger partial charge in [0.05, 0.1) is 18.8 Å². The molecular weight excluding hydrogens is 528 g/mol. The smallest absolute Gasteiger partial charge is 0.224 e. The van der Waals surface area contributed by atoms with E-state index in [1.807, 2.05) is 66.3 Å². The summed E-state index contributed by atoms with van der Waals surface area (Å²) in [4.78, 5) is 27.7. The monoisotopic (exact) mass is 566 g/mol. The minimum absolute atomic E-state index is 0.00194. The Hall–Kier alpha value is -3.18. The molecule has 0 aliphatic carbocycles. The van der Waals surface area contributed by atoms with E-state index in [1.54, 1.807) is 18.0 Å². The molecule has 1 saturated heterocycles. The SMILES string of the molecule is CC(=O)NCCCCCC(=O)Nc1ccc([C@@H]2O[C@H](CSc3nccn3C)C[C@H](c3ccc(CO)cc3)O2)cc1. The number of amides is 2. The number of imidazole rings is 1. The minimum atomic E-state index is -0.559. The van der Waals surface area contributed by atoms with Crippen LogP contribution in [-0.4, -0.2) is 44.9 Å². The van der Waals surface area contributed by atoms with Crippen molar-refractivity contribution in [2.24, 2.45) is 7.05 Å².